The maximum Gasteiger partial charge on any atom is 0.252 e. The van der Waals surface area contributed by atoms with Crippen molar-refractivity contribution in [3.05, 3.63) is 33.9 Å². The van der Waals surface area contributed by atoms with Gasteiger partial charge in [-0.3, -0.25) is 4.79 Å². The van der Waals surface area contributed by atoms with Crippen molar-refractivity contribution >= 4 is 28.7 Å². The quantitative estimate of drug-likeness (QED) is 0.766. The number of nitrogens with one attached hydrogen (secondary N) is 1. The van der Waals surface area contributed by atoms with E-state index in [0.717, 1.165) is 9.88 Å². The molecule has 0 bridgehead atoms. The lowest BCUT2D eigenvalue weighted by molar-refractivity contribution is 0.100. The van der Waals surface area contributed by atoms with Gasteiger partial charge in [-0.2, -0.15) is 0 Å². The van der Waals surface area contributed by atoms with Crippen molar-refractivity contribution in [3.8, 4) is 0 Å². The number of amides is 1. The van der Waals surface area contributed by atoms with Gasteiger partial charge in [-0.05, 0) is 13.0 Å². The Hall–Kier alpha value is -2.15. The molecule has 0 fully saturated rings. The summed E-state index contributed by atoms with van der Waals surface area (Å²) in [5.74, 6) is -0.125. The van der Waals surface area contributed by atoms with Crippen molar-refractivity contribution in [2.75, 3.05) is 11.1 Å². The van der Waals surface area contributed by atoms with Crippen LogP contribution in [0.2, 0.25) is 0 Å². The highest BCUT2D eigenvalue weighted by Gasteiger charge is 2.10. The van der Waals surface area contributed by atoms with E-state index in [1.165, 1.54) is 12.3 Å². The summed E-state index contributed by atoms with van der Waals surface area (Å²) in [6, 6.07) is 1.51. The molecule has 0 unspecified atom stereocenters. The molecule has 2 heterocycles. The molecule has 2 rings (SSSR count). The molecule has 5 N–H and O–H groups in total. The summed E-state index contributed by atoms with van der Waals surface area (Å²) in [5, 5.41) is 4.05. The van der Waals surface area contributed by atoms with Crippen molar-refractivity contribution in [2.24, 2.45) is 5.73 Å². The molecule has 0 saturated heterocycles. The molecule has 0 aliphatic carbocycles. The van der Waals surface area contributed by atoms with E-state index >= 15 is 0 Å². The van der Waals surface area contributed by atoms with Crippen molar-refractivity contribution in [1.29, 1.82) is 0 Å². The number of aryl methyl sites for hydroxylation is 1. The zero-order valence-electron chi connectivity index (χ0n) is 9.80. The Morgan fingerprint density at radius 2 is 2.22 bits per heavy atom. The maximum atomic E-state index is 11.3. The van der Waals surface area contributed by atoms with Gasteiger partial charge in [0, 0.05) is 11.1 Å². The standard InChI is InChI=1S/C11H13N5OS/c1-6-14-4-8(18-6)5-16-11-9(10(13)17)2-7(12)3-15-11/h2-4H,5,12H2,1H3,(H2,13,17)(H,15,16). The summed E-state index contributed by atoms with van der Waals surface area (Å²) in [7, 11) is 0. The average molecular weight is 263 g/mol. The van der Waals surface area contributed by atoms with Gasteiger partial charge in [0.2, 0.25) is 0 Å². The number of carbonyl (C=O) groups is 1. The molecule has 0 spiro atoms. The molecule has 0 aliphatic heterocycles. The predicted octanol–water partition coefficient (Wildman–Crippen LogP) is 1.14. The first-order chi connectivity index (χ1) is 8.56. The fraction of sp³-hybridized carbons (Fsp3) is 0.182. The molecule has 1 amide bonds. The molecule has 0 atom stereocenters. The minimum atomic E-state index is -0.558. The largest absolute Gasteiger partial charge is 0.397 e. The Kier molecular flexibility index (Phi) is 3.42. The summed E-state index contributed by atoms with van der Waals surface area (Å²) >= 11 is 1.58. The van der Waals surface area contributed by atoms with Gasteiger partial charge in [0.05, 0.1) is 29.0 Å². The number of thiazole rings is 1. The van der Waals surface area contributed by atoms with E-state index in [0.29, 0.717) is 18.1 Å². The highest BCUT2D eigenvalue weighted by Crippen LogP contribution is 2.17. The van der Waals surface area contributed by atoms with Gasteiger partial charge in [-0.25, -0.2) is 9.97 Å². The number of nitrogens with zero attached hydrogens (tertiary/aromatic N) is 2. The molecule has 0 saturated carbocycles. The van der Waals surface area contributed by atoms with Crippen LogP contribution in [0.1, 0.15) is 20.2 Å². The normalized spacial score (nSPS) is 10.3. The van der Waals surface area contributed by atoms with Crippen LogP contribution in [0.25, 0.3) is 0 Å². The highest BCUT2D eigenvalue weighted by atomic mass is 32.1. The lowest BCUT2D eigenvalue weighted by Crippen LogP contribution is -2.15. The Bertz CT molecular complexity index is 581. The number of anilines is 2. The van der Waals surface area contributed by atoms with Gasteiger partial charge in [-0.1, -0.05) is 0 Å². The average Bonchev–Trinajstić information content (AvgIpc) is 2.73. The smallest absolute Gasteiger partial charge is 0.252 e. The van der Waals surface area contributed by atoms with Crippen LogP contribution in [0.5, 0.6) is 0 Å². The van der Waals surface area contributed by atoms with Gasteiger partial charge in [0.1, 0.15) is 5.82 Å². The molecule has 2 aromatic rings. The van der Waals surface area contributed by atoms with Crippen molar-refractivity contribution in [1.82, 2.24) is 9.97 Å². The number of pyridine rings is 1. The fourth-order valence-corrected chi connectivity index (χ4v) is 2.20. The van der Waals surface area contributed by atoms with Crippen LogP contribution >= 0.6 is 11.3 Å². The molecular formula is C11H13N5OS. The third-order valence-corrected chi connectivity index (χ3v) is 3.19. The van der Waals surface area contributed by atoms with E-state index in [2.05, 4.69) is 15.3 Å². The lowest BCUT2D eigenvalue weighted by Gasteiger charge is -2.08. The van der Waals surface area contributed by atoms with Crippen molar-refractivity contribution in [2.45, 2.75) is 13.5 Å². The predicted molar refractivity (Wildman–Crippen MR) is 71.3 cm³/mol. The maximum absolute atomic E-state index is 11.3. The van der Waals surface area contributed by atoms with Crippen molar-refractivity contribution < 1.29 is 4.79 Å². The van der Waals surface area contributed by atoms with E-state index in [1.807, 2.05) is 6.92 Å². The third kappa shape index (κ3) is 2.75. The zero-order chi connectivity index (χ0) is 13.1. The van der Waals surface area contributed by atoms with Crippen molar-refractivity contribution in [3.63, 3.8) is 0 Å². The SMILES string of the molecule is Cc1ncc(CNc2ncc(N)cc2C(N)=O)s1. The van der Waals surface area contributed by atoms with Crippen LogP contribution < -0.4 is 16.8 Å². The van der Waals surface area contributed by atoms with Gasteiger partial charge in [0.15, 0.2) is 0 Å². The first kappa shape index (κ1) is 12.3. The summed E-state index contributed by atoms with van der Waals surface area (Å²) in [6.45, 7) is 2.48. The number of aromatic nitrogens is 2. The van der Waals surface area contributed by atoms with Crippen LogP contribution in [-0.2, 0) is 6.54 Å². The highest BCUT2D eigenvalue weighted by molar-refractivity contribution is 7.11. The van der Waals surface area contributed by atoms with E-state index in [-0.39, 0.29) is 5.56 Å². The van der Waals surface area contributed by atoms with Crippen LogP contribution in [0.4, 0.5) is 11.5 Å². The number of primary amides is 1. The molecule has 94 valence electrons. The molecule has 2 aromatic heterocycles. The lowest BCUT2D eigenvalue weighted by atomic mass is 10.2. The monoisotopic (exact) mass is 263 g/mol. The van der Waals surface area contributed by atoms with Crippen LogP contribution in [-0.4, -0.2) is 15.9 Å². The van der Waals surface area contributed by atoms with Crippen LogP contribution in [0, 0.1) is 6.92 Å². The molecule has 7 heteroatoms. The minimum Gasteiger partial charge on any atom is -0.397 e. The summed E-state index contributed by atoms with van der Waals surface area (Å²) in [6.07, 6.45) is 3.26. The van der Waals surface area contributed by atoms with E-state index in [1.54, 1.807) is 17.5 Å². The second kappa shape index (κ2) is 5.01. The molecular weight excluding hydrogens is 250 g/mol. The van der Waals surface area contributed by atoms with Crippen LogP contribution in [0.3, 0.4) is 0 Å². The number of nitrogen functional groups attached to an aromatic ring is 1. The number of hydrogen-bond acceptors (Lipinski definition) is 6. The topological polar surface area (TPSA) is 107 Å². The van der Waals surface area contributed by atoms with Gasteiger partial charge >= 0.3 is 0 Å². The Labute approximate surface area is 108 Å². The minimum absolute atomic E-state index is 0.288. The zero-order valence-corrected chi connectivity index (χ0v) is 10.6. The number of hydrogen-bond donors (Lipinski definition) is 3. The third-order valence-electron chi connectivity index (χ3n) is 2.27. The molecule has 6 nitrogen and oxygen atoms in total. The van der Waals surface area contributed by atoms with Gasteiger partial charge < -0.3 is 16.8 Å². The molecule has 0 aromatic carbocycles. The first-order valence-electron chi connectivity index (χ1n) is 5.27. The van der Waals surface area contributed by atoms with E-state index in [9.17, 15) is 4.79 Å². The van der Waals surface area contributed by atoms with Crippen LogP contribution in [0.15, 0.2) is 18.5 Å². The summed E-state index contributed by atoms with van der Waals surface area (Å²) in [4.78, 5) is 20.5. The van der Waals surface area contributed by atoms with E-state index < -0.39 is 5.91 Å². The first-order valence-corrected chi connectivity index (χ1v) is 6.08. The second-order valence-electron chi connectivity index (χ2n) is 3.73. The Morgan fingerprint density at radius 3 is 2.83 bits per heavy atom. The second-order valence-corrected chi connectivity index (χ2v) is 5.05. The molecule has 0 radical (unpaired) electrons. The number of nitrogens with two attached hydrogens (primary N) is 2. The van der Waals surface area contributed by atoms with Gasteiger partial charge in [-0.15, -0.1) is 11.3 Å². The summed E-state index contributed by atoms with van der Waals surface area (Å²) < 4.78 is 0. The fourth-order valence-electron chi connectivity index (χ4n) is 1.47. The molecule has 18 heavy (non-hydrogen) atoms. The summed E-state index contributed by atoms with van der Waals surface area (Å²) in [5.41, 5.74) is 11.5. The number of rotatable bonds is 4. The number of carbonyl (C=O) groups excluding carboxylic acids is 1. The molecule has 0 aliphatic rings. The Balaban J connectivity index is 2.16. The van der Waals surface area contributed by atoms with E-state index in [4.69, 9.17) is 11.5 Å². The Morgan fingerprint density at radius 1 is 1.44 bits per heavy atom. The van der Waals surface area contributed by atoms with Gasteiger partial charge in [0.25, 0.3) is 5.91 Å².